The zero-order valence-corrected chi connectivity index (χ0v) is 17.2. The van der Waals surface area contributed by atoms with E-state index < -0.39 is 22.3 Å². The van der Waals surface area contributed by atoms with Gasteiger partial charge >= 0.3 is 0 Å². The number of nitrogens with zero attached hydrogens (tertiary/aromatic N) is 2. The van der Waals surface area contributed by atoms with E-state index in [2.05, 4.69) is 6.58 Å². The Labute approximate surface area is 172 Å². The molecular formula is C21H27N3O4S. The number of hydrogen-bond donors (Lipinski definition) is 1. The summed E-state index contributed by atoms with van der Waals surface area (Å²) in [4.78, 5) is 27.2. The number of carbonyl (C=O) groups is 2. The lowest BCUT2D eigenvalue weighted by molar-refractivity contribution is -0.125. The highest BCUT2D eigenvalue weighted by atomic mass is 32.3. The van der Waals surface area contributed by atoms with Crippen molar-refractivity contribution in [2.75, 3.05) is 18.0 Å². The van der Waals surface area contributed by atoms with Crippen LogP contribution in [-0.2, 0) is 24.2 Å². The molecule has 2 aliphatic heterocycles. The van der Waals surface area contributed by atoms with Gasteiger partial charge in [-0.05, 0) is 37.3 Å². The van der Waals surface area contributed by atoms with E-state index in [1.807, 2.05) is 0 Å². The van der Waals surface area contributed by atoms with Gasteiger partial charge in [0, 0.05) is 17.9 Å². The molecule has 1 unspecified atom stereocenters. The van der Waals surface area contributed by atoms with Crippen LogP contribution in [0.1, 0.15) is 50.0 Å². The minimum Gasteiger partial charge on any atom is -0.593 e. The Bertz CT molecular complexity index is 896. The van der Waals surface area contributed by atoms with Crippen molar-refractivity contribution in [3.63, 3.8) is 0 Å². The molecule has 2 amide bonds. The Kier molecular flexibility index (Phi) is 5.35. The van der Waals surface area contributed by atoms with Crippen LogP contribution in [0.4, 0.5) is 5.69 Å². The van der Waals surface area contributed by atoms with Gasteiger partial charge in [-0.1, -0.05) is 29.2 Å². The first kappa shape index (κ1) is 20.3. The first-order valence-electron chi connectivity index (χ1n) is 10.2. The molecule has 1 aliphatic carbocycles. The van der Waals surface area contributed by atoms with Crippen molar-refractivity contribution < 1.29 is 18.4 Å². The van der Waals surface area contributed by atoms with Crippen LogP contribution in [0.2, 0.25) is 0 Å². The molecule has 1 saturated carbocycles. The summed E-state index contributed by atoms with van der Waals surface area (Å²) in [7, 11) is -3.68. The maximum Gasteiger partial charge on any atom is 0.240 e. The highest BCUT2D eigenvalue weighted by molar-refractivity contribution is 7.95. The second-order valence-electron chi connectivity index (χ2n) is 8.27. The van der Waals surface area contributed by atoms with Crippen LogP contribution >= 0.6 is 0 Å². The number of primary amides is 1. The predicted octanol–water partition coefficient (Wildman–Crippen LogP) is 2.35. The van der Waals surface area contributed by atoms with Crippen LogP contribution in [0.25, 0.3) is 0 Å². The molecule has 1 aromatic rings. The van der Waals surface area contributed by atoms with Crippen molar-refractivity contribution in [1.82, 2.24) is 4.31 Å². The summed E-state index contributed by atoms with van der Waals surface area (Å²) in [5.74, 6) is -0.555. The van der Waals surface area contributed by atoms with Gasteiger partial charge in [-0.15, -0.1) is 10.9 Å². The topological polar surface area (TPSA) is 107 Å². The van der Waals surface area contributed by atoms with E-state index in [0.29, 0.717) is 30.0 Å². The van der Waals surface area contributed by atoms with Crippen molar-refractivity contribution in [3.8, 4) is 0 Å². The quantitative estimate of drug-likeness (QED) is 0.586. The zero-order valence-electron chi connectivity index (χ0n) is 16.4. The number of benzene rings is 1. The van der Waals surface area contributed by atoms with Gasteiger partial charge in [0.25, 0.3) is 0 Å². The van der Waals surface area contributed by atoms with Gasteiger partial charge < -0.3 is 10.3 Å². The Morgan fingerprint density at radius 3 is 2.69 bits per heavy atom. The fourth-order valence-electron chi connectivity index (χ4n) is 5.12. The number of sulfonamides is 1. The number of rotatable bonds is 5. The van der Waals surface area contributed by atoms with Crippen LogP contribution in [0.5, 0.6) is 0 Å². The van der Waals surface area contributed by atoms with Crippen molar-refractivity contribution >= 4 is 27.9 Å². The Morgan fingerprint density at radius 1 is 1.31 bits per heavy atom. The molecule has 8 heteroatoms. The highest BCUT2D eigenvalue weighted by Crippen LogP contribution is 2.48. The summed E-state index contributed by atoms with van der Waals surface area (Å²) in [6.45, 7) is 4.11. The number of amides is 2. The largest absolute Gasteiger partial charge is 0.593 e. The minimum absolute atomic E-state index is 0.140. The van der Waals surface area contributed by atoms with Crippen molar-refractivity contribution in [1.29, 1.82) is 0 Å². The highest BCUT2D eigenvalue weighted by Gasteiger charge is 2.49. The molecule has 29 heavy (non-hydrogen) atoms. The fraction of sp³-hybridized carbons (Fsp3) is 0.524. The molecule has 3 aliphatic rings. The summed E-state index contributed by atoms with van der Waals surface area (Å²) >= 11 is 0. The summed E-state index contributed by atoms with van der Waals surface area (Å²) < 4.78 is 27.6. The molecule has 2 heterocycles. The van der Waals surface area contributed by atoms with Gasteiger partial charge in [0.1, 0.15) is 6.04 Å². The molecule has 1 fully saturated rings. The SMILES string of the molecule is C=CCN1C[C@@H]2C[C@@H](C(N)=O)N(C(=O)CC3CCCC3)c3cccc(c32)[S+]1(=O)[O-]. The second kappa shape index (κ2) is 7.66. The number of nitrogens with two attached hydrogens (primary N) is 1. The van der Waals surface area contributed by atoms with Crippen LogP contribution in [-0.4, -0.2) is 39.8 Å². The van der Waals surface area contributed by atoms with E-state index in [1.165, 1.54) is 9.21 Å². The van der Waals surface area contributed by atoms with E-state index >= 15 is 0 Å². The molecule has 0 bridgehead atoms. The summed E-state index contributed by atoms with van der Waals surface area (Å²) in [6.07, 6.45) is 6.53. The van der Waals surface area contributed by atoms with Gasteiger partial charge in [0.05, 0.1) is 18.8 Å². The van der Waals surface area contributed by atoms with Gasteiger partial charge in [-0.25, -0.2) is 0 Å². The molecule has 0 aromatic heterocycles. The lowest BCUT2D eigenvalue weighted by Gasteiger charge is -2.44. The second-order valence-corrected chi connectivity index (χ2v) is 10.2. The zero-order chi connectivity index (χ0) is 20.8. The van der Waals surface area contributed by atoms with Crippen LogP contribution < -0.4 is 10.6 Å². The van der Waals surface area contributed by atoms with Crippen LogP contribution in [0.3, 0.4) is 0 Å². The van der Waals surface area contributed by atoms with Crippen molar-refractivity contribution in [2.24, 2.45) is 11.7 Å². The van der Waals surface area contributed by atoms with Gasteiger partial charge in [-0.3, -0.25) is 14.5 Å². The minimum atomic E-state index is -3.68. The first-order chi connectivity index (χ1) is 13.8. The Morgan fingerprint density at radius 2 is 2.03 bits per heavy atom. The lowest BCUT2D eigenvalue weighted by Crippen LogP contribution is -2.55. The van der Waals surface area contributed by atoms with Crippen LogP contribution in [0.15, 0.2) is 35.7 Å². The van der Waals surface area contributed by atoms with Gasteiger partial charge in [0.15, 0.2) is 15.3 Å². The van der Waals surface area contributed by atoms with E-state index in [0.717, 1.165) is 25.7 Å². The third-order valence-electron chi connectivity index (χ3n) is 6.44. The normalized spacial score (nSPS) is 29.5. The molecule has 0 radical (unpaired) electrons. The number of anilines is 1. The van der Waals surface area contributed by atoms with Gasteiger partial charge in [-0.2, -0.15) is 0 Å². The van der Waals surface area contributed by atoms with Gasteiger partial charge in [0.2, 0.25) is 11.8 Å². The Hall–Kier alpha value is -2.03. The summed E-state index contributed by atoms with van der Waals surface area (Å²) in [6, 6.07) is 4.20. The summed E-state index contributed by atoms with van der Waals surface area (Å²) in [5, 5.41) is 0. The third-order valence-corrected chi connectivity index (χ3v) is 8.33. The summed E-state index contributed by atoms with van der Waals surface area (Å²) in [5.41, 5.74) is 6.86. The molecule has 3 atom stereocenters. The monoisotopic (exact) mass is 417 g/mol. The average Bonchev–Trinajstić information content (AvgIpc) is 3.18. The third kappa shape index (κ3) is 3.43. The molecule has 7 nitrogen and oxygen atoms in total. The smallest absolute Gasteiger partial charge is 0.240 e. The van der Waals surface area contributed by atoms with Crippen LogP contribution in [0, 0.1) is 5.92 Å². The molecule has 0 saturated heterocycles. The van der Waals surface area contributed by atoms with Crippen molar-refractivity contribution in [2.45, 2.75) is 55.4 Å². The maximum absolute atomic E-state index is 13.2. The molecule has 1 aromatic carbocycles. The predicted molar refractivity (Wildman–Crippen MR) is 110 cm³/mol. The number of carbonyl (C=O) groups excluding carboxylic acids is 2. The lowest BCUT2D eigenvalue weighted by atomic mass is 9.84. The maximum atomic E-state index is 13.2. The van der Waals surface area contributed by atoms with E-state index in [1.54, 1.807) is 24.3 Å². The van der Waals surface area contributed by atoms with E-state index in [4.69, 9.17) is 5.73 Å². The Balaban J connectivity index is 1.78. The molecule has 4 rings (SSSR count). The average molecular weight is 418 g/mol. The molecule has 0 spiro atoms. The fourth-order valence-corrected chi connectivity index (χ4v) is 6.87. The number of hydrogen-bond acceptors (Lipinski definition) is 4. The van der Waals surface area contributed by atoms with E-state index in [9.17, 15) is 18.4 Å². The van der Waals surface area contributed by atoms with E-state index in [-0.39, 0.29) is 29.8 Å². The molecule has 2 N–H and O–H groups in total. The van der Waals surface area contributed by atoms with Crippen molar-refractivity contribution in [3.05, 3.63) is 36.4 Å². The molecule has 156 valence electrons. The first-order valence-corrected chi connectivity index (χ1v) is 11.6. The molecular weight excluding hydrogens is 390 g/mol. The standard InChI is InChI=1S/C21H27N3O4S/c1-2-10-23-13-15-12-17(21(22)26)24(19(25)11-14-6-3-4-7-14)16-8-5-9-18(20(15)16)29(23,27)28/h2,5,8-9,14-15,17H,1,3-4,6-7,10-13H2,(H2-,22,26,27,28)/t15-,17-/m0/s1.